The lowest BCUT2D eigenvalue weighted by molar-refractivity contribution is -0.116. The number of anilines is 2. The fourth-order valence-corrected chi connectivity index (χ4v) is 2.08. The number of amides is 1. The van der Waals surface area contributed by atoms with Crippen LogP contribution >= 0.6 is 0 Å². The van der Waals surface area contributed by atoms with E-state index in [1.54, 1.807) is 6.07 Å². The highest BCUT2D eigenvalue weighted by Crippen LogP contribution is 2.08. The first kappa shape index (κ1) is 15.9. The molecule has 1 amide bonds. The van der Waals surface area contributed by atoms with Crippen molar-refractivity contribution in [2.24, 2.45) is 0 Å². The van der Waals surface area contributed by atoms with Gasteiger partial charge in [0.15, 0.2) is 5.82 Å². The summed E-state index contributed by atoms with van der Waals surface area (Å²) in [6, 6.07) is 14.0. The molecule has 0 radical (unpaired) electrons. The highest BCUT2D eigenvalue weighted by atomic mass is 16.1. The van der Waals surface area contributed by atoms with Crippen LogP contribution in [0, 0.1) is 0 Å². The van der Waals surface area contributed by atoms with Gasteiger partial charge in [-0.2, -0.15) is 0 Å². The first-order valence-corrected chi connectivity index (χ1v) is 7.69. The minimum Gasteiger partial charge on any atom is -0.369 e. The zero-order valence-corrected chi connectivity index (χ0v) is 12.9. The maximum atomic E-state index is 11.4. The monoisotopic (exact) mass is 298 g/mol. The van der Waals surface area contributed by atoms with Crippen LogP contribution in [0.4, 0.5) is 11.6 Å². The molecule has 2 rings (SSSR count). The normalized spacial score (nSPS) is 10.2. The molecule has 22 heavy (non-hydrogen) atoms. The molecule has 0 saturated heterocycles. The molecule has 0 fully saturated rings. The summed E-state index contributed by atoms with van der Waals surface area (Å²) in [6.45, 7) is 2.80. The number of carbonyl (C=O) groups is 1. The minimum absolute atomic E-state index is 0.0274. The lowest BCUT2D eigenvalue weighted by Gasteiger charge is -2.06. The van der Waals surface area contributed by atoms with Crippen molar-refractivity contribution < 1.29 is 4.79 Å². The van der Waals surface area contributed by atoms with E-state index >= 15 is 0 Å². The van der Waals surface area contributed by atoms with Gasteiger partial charge >= 0.3 is 0 Å². The Kier molecular flexibility index (Phi) is 6.36. The summed E-state index contributed by atoms with van der Waals surface area (Å²) in [5, 5.41) is 14.0. The van der Waals surface area contributed by atoms with E-state index in [1.165, 1.54) is 5.56 Å². The van der Waals surface area contributed by atoms with E-state index in [0.29, 0.717) is 12.2 Å². The molecule has 0 aliphatic carbocycles. The van der Waals surface area contributed by atoms with Crippen molar-refractivity contribution in [1.29, 1.82) is 0 Å². The molecule has 0 spiro atoms. The van der Waals surface area contributed by atoms with Crippen LogP contribution in [-0.4, -0.2) is 22.6 Å². The maximum absolute atomic E-state index is 11.4. The predicted molar refractivity (Wildman–Crippen MR) is 88.8 cm³/mol. The van der Waals surface area contributed by atoms with E-state index in [4.69, 9.17) is 0 Å². The van der Waals surface area contributed by atoms with E-state index in [2.05, 4.69) is 45.1 Å². The van der Waals surface area contributed by atoms with Crippen LogP contribution in [0.3, 0.4) is 0 Å². The van der Waals surface area contributed by atoms with Crippen molar-refractivity contribution >= 4 is 17.5 Å². The second-order valence-electron chi connectivity index (χ2n) is 5.12. The number of aryl methyl sites for hydroxylation is 1. The van der Waals surface area contributed by atoms with Crippen LogP contribution in [0.25, 0.3) is 0 Å². The van der Waals surface area contributed by atoms with Crippen molar-refractivity contribution in [1.82, 2.24) is 10.2 Å². The van der Waals surface area contributed by atoms with Crippen LogP contribution in [-0.2, 0) is 11.2 Å². The van der Waals surface area contributed by atoms with Gasteiger partial charge < -0.3 is 10.6 Å². The Balaban J connectivity index is 1.71. The summed E-state index contributed by atoms with van der Waals surface area (Å²) in [5.41, 5.74) is 1.34. The van der Waals surface area contributed by atoms with Crippen LogP contribution in [0.15, 0.2) is 42.5 Å². The summed E-state index contributed by atoms with van der Waals surface area (Å²) in [5.74, 6) is 1.19. The van der Waals surface area contributed by atoms with E-state index in [1.807, 2.05) is 19.1 Å². The standard InChI is InChI=1S/C17H22N4O/c1-2-7-17(22)19-16-12-11-15(20-21-16)18-13-6-10-14-8-4-3-5-9-14/h3-5,8-9,11-12H,2,6-7,10,13H2,1H3,(H,18,20)(H,19,21,22). The second-order valence-corrected chi connectivity index (χ2v) is 5.12. The Bertz CT molecular complexity index is 569. The Morgan fingerprint density at radius 1 is 1.05 bits per heavy atom. The number of nitrogens with zero attached hydrogens (tertiary/aromatic N) is 2. The molecule has 0 saturated carbocycles. The number of hydrogen-bond donors (Lipinski definition) is 2. The van der Waals surface area contributed by atoms with E-state index < -0.39 is 0 Å². The van der Waals surface area contributed by atoms with Crippen LogP contribution in [0.1, 0.15) is 31.7 Å². The fraction of sp³-hybridized carbons (Fsp3) is 0.353. The van der Waals surface area contributed by atoms with Gasteiger partial charge in [-0.25, -0.2) is 0 Å². The summed E-state index contributed by atoms with van der Waals surface area (Å²) in [6.07, 6.45) is 3.38. The highest BCUT2D eigenvalue weighted by Gasteiger charge is 2.02. The van der Waals surface area contributed by atoms with Gasteiger partial charge in [-0.15, -0.1) is 10.2 Å². The number of benzene rings is 1. The van der Waals surface area contributed by atoms with Gasteiger partial charge in [0.2, 0.25) is 5.91 Å². The lowest BCUT2D eigenvalue weighted by Crippen LogP contribution is -2.13. The molecule has 1 heterocycles. The first-order valence-electron chi connectivity index (χ1n) is 7.69. The van der Waals surface area contributed by atoms with Crippen molar-refractivity contribution in [2.75, 3.05) is 17.2 Å². The minimum atomic E-state index is -0.0274. The van der Waals surface area contributed by atoms with Gasteiger partial charge in [-0.3, -0.25) is 4.79 Å². The summed E-state index contributed by atoms with van der Waals surface area (Å²) < 4.78 is 0. The van der Waals surface area contributed by atoms with Crippen LogP contribution < -0.4 is 10.6 Å². The molecule has 0 aliphatic rings. The van der Waals surface area contributed by atoms with Gasteiger partial charge in [0.05, 0.1) is 0 Å². The Labute approximate surface area is 131 Å². The van der Waals surface area contributed by atoms with E-state index in [-0.39, 0.29) is 5.91 Å². The molecule has 1 aromatic carbocycles. The molecule has 0 bridgehead atoms. The van der Waals surface area contributed by atoms with E-state index in [9.17, 15) is 4.79 Å². The van der Waals surface area contributed by atoms with Crippen LogP contribution in [0.5, 0.6) is 0 Å². The third-order valence-electron chi connectivity index (χ3n) is 3.20. The number of rotatable bonds is 8. The zero-order valence-electron chi connectivity index (χ0n) is 12.9. The van der Waals surface area contributed by atoms with Crippen LogP contribution in [0.2, 0.25) is 0 Å². The molecule has 2 N–H and O–H groups in total. The third kappa shape index (κ3) is 5.52. The van der Waals surface area contributed by atoms with Crippen molar-refractivity contribution in [2.45, 2.75) is 32.6 Å². The molecule has 2 aromatic rings. The van der Waals surface area contributed by atoms with Gasteiger partial charge in [-0.1, -0.05) is 37.3 Å². The van der Waals surface area contributed by atoms with Crippen molar-refractivity contribution in [3.63, 3.8) is 0 Å². The zero-order chi connectivity index (χ0) is 15.6. The number of carbonyl (C=O) groups excluding carboxylic acids is 1. The Morgan fingerprint density at radius 3 is 2.45 bits per heavy atom. The topological polar surface area (TPSA) is 66.9 Å². The lowest BCUT2D eigenvalue weighted by atomic mass is 10.1. The molecule has 116 valence electrons. The number of aromatic nitrogens is 2. The Morgan fingerprint density at radius 2 is 1.77 bits per heavy atom. The average Bonchev–Trinajstić information content (AvgIpc) is 2.54. The van der Waals surface area contributed by atoms with Gasteiger partial charge in [-0.05, 0) is 37.0 Å². The fourth-order valence-electron chi connectivity index (χ4n) is 2.08. The molecule has 5 heteroatoms. The number of hydrogen-bond acceptors (Lipinski definition) is 4. The van der Waals surface area contributed by atoms with E-state index in [0.717, 1.165) is 31.6 Å². The SMILES string of the molecule is CCCC(=O)Nc1ccc(NCCCc2ccccc2)nn1. The Hall–Kier alpha value is -2.43. The first-order chi connectivity index (χ1) is 10.8. The molecule has 0 unspecified atom stereocenters. The van der Waals surface area contributed by atoms with Gasteiger partial charge in [0.25, 0.3) is 0 Å². The summed E-state index contributed by atoms with van der Waals surface area (Å²) >= 11 is 0. The molecule has 5 nitrogen and oxygen atoms in total. The average molecular weight is 298 g/mol. The number of nitrogens with one attached hydrogen (secondary N) is 2. The highest BCUT2D eigenvalue weighted by molar-refractivity contribution is 5.89. The molecule has 0 aliphatic heterocycles. The quantitative estimate of drug-likeness (QED) is 0.734. The summed E-state index contributed by atoms with van der Waals surface area (Å²) in [7, 11) is 0. The van der Waals surface area contributed by atoms with Gasteiger partial charge in [0, 0.05) is 13.0 Å². The van der Waals surface area contributed by atoms with Crippen molar-refractivity contribution in [3.8, 4) is 0 Å². The maximum Gasteiger partial charge on any atom is 0.225 e. The molecular formula is C17H22N4O. The second kappa shape index (κ2) is 8.77. The molecule has 0 atom stereocenters. The largest absolute Gasteiger partial charge is 0.369 e. The smallest absolute Gasteiger partial charge is 0.225 e. The third-order valence-corrected chi connectivity index (χ3v) is 3.20. The molecule has 1 aromatic heterocycles. The predicted octanol–water partition coefficient (Wildman–Crippen LogP) is 3.26. The summed E-state index contributed by atoms with van der Waals surface area (Å²) in [4.78, 5) is 11.4. The van der Waals surface area contributed by atoms with Crippen molar-refractivity contribution in [3.05, 3.63) is 48.0 Å². The van der Waals surface area contributed by atoms with Gasteiger partial charge in [0.1, 0.15) is 5.82 Å². The molecular weight excluding hydrogens is 276 g/mol.